The fourth-order valence-electron chi connectivity index (χ4n) is 16.4. The normalized spacial score (nSPS) is 23.6. The quantitative estimate of drug-likeness (QED) is 0.0140. The summed E-state index contributed by atoms with van der Waals surface area (Å²) in [4.78, 5) is 265. The molecule has 16 atom stereocenters. The molecule has 7 rings (SSSR count). The molecule has 1 aliphatic heterocycles. The SMILES string of the molecule is CC(C)C[C@H]1NC(=O)[C@H](CCCN)NC(=O)[C@H](C(C)C)NC(=O)[C@H](Cc2ccc(-c3ccccc3)cc2)NC(=O)[C@H](C(C)C)NC(=O)[C@H](Cc2c[nH]c3ccccc23)NC(=O)[C@H](CC(=O)O)NC(=O)[C@H](Cc2ccc(OCC(=O)O)cc2)NC(=O)[C@H](CCCNC(=N)N)NC(=O)CSC[C@@H](C(=O)N[C@@H](C)C(N)=O)NC(=O)[C@H](C(C)O)NC(=O)[C@H](C(C)C)NC(=O)[C@H](CC2CCCCC2)NC(=O)[C@H](CCN)NC1=O. The largest absolute Gasteiger partial charge is 0.482 e. The number of aliphatic hydroxyl groups is 1. The van der Waals surface area contributed by atoms with Gasteiger partial charge in [0.1, 0.15) is 96.4 Å². The molecule has 0 radical (unpaired) electrons. The van der Waals surface area contributed by atoms with Gasteiger partial charge in [-0.05, 0) is 147 Å². The summed E-state index contributed by atoms with van der Waals surface area (Å²) in [7, 11) is 0. The van der Waals surface area contributed by atoms with Crippen LogP contribution in [0.15, 0.2) is 109 Å². The topological polar surface area (TPSA) is 713 Å². The number of hydrogen-bond donors (Lipinski definition) is 25. The van der Waals surface area contributed by atoms with Gasteiger partial charge in [-0.3, -0.25) is 86.9 Å². The van der Waals surface area contributed by atoms with Crippen LogP contribution in [0.25, 0.3) is 22.0 Å². The first kappa shape index (κ1) is 116. The molecular formula is C98H142N22O22S. The molecule has 4 aromatic carbocycles. The van der Waals surface area contributed by atoms with Crippen LogP contribution >= 0.6 is 11.8 Å². The Kier molecular flexibility index (Phi) is 47.1. The van der Waals surface area contributed by atoms with Crippen molar-refractivity contribution < 1.29 is 106 Å². The van der Waals surface area contributed by atoms with E-state index in [1.807, 2.05) is 30.3 Å². The lowest BCUT2D eigenvalue weighted by Gasteiger charge is -2.31. The van der Waals surface area contributed by atoms with Crippen LogP contribution in [0.3, 0.4) is 0 Å². The summed E-state index contributed by atoms with van der Waals surface area (Å²) < 4.78 is 5.33. The third kappa shape index (κ3) is 38.2. The summed E-state index contributed by atoms with van der Waals surface area (Å²) in [5, 5.41) is 81.7. The summed E-state index contributed by atoms with van der Waals surface area (Å²) in [5.74, 6) is -23.7. The van der Waals surface area contributed by atoms with E-state index in [1.165, 1.54) is 31.2 Å². The lowest BCUT2D eigenvalue weighted by atomic mass is 9.84. The Labute approximate surface area is 834 Å². The number of nitrogens with two attached hydrogens (primary N) is 4. The van der Waals surface area contributed by atoms with Crippen molar-refractivity contribution >= 4 is 135 Å². The van der Waals surface area contributed by atoms with Gasteiger partial charge in [-0.1, -0.05) is 172 Å². The maximum atomic E-state index is 15.5. The molecule has 16 amide bonds. The van der Waals surface area contributed by atoms with Crippen LogP contribution in [0.5, 0.6) is 5.75 Å². The first-order valence-electron chi connectivity index (χ1n) is 48.3. The molecule has 1 aromatic heterocycles. The fraction of sp³-hybridized carbons (Fsp3) is 0.541. The van der Waals surface area contributed by atoms with E-state index >= 15 is 33.6 Å². The number of rotatable bonds is 32. The third-order valence-electron chi connectivity index (χ3n) is 24.3. The Morgan fingerprint density at radius 1 is 0.462 bits per heavy atom. The molecule has 0 bridgehead atoms. The number of amides is 16. The zero-order chi connectivity index (χ0) is 105. The molecule has 1 saturated carbocycles. The molecule has 45 heteroatoms. The number of hydrogen-bond acceptors (Lipinski definition) is 24. The van der Waals surface area contributed by atoms with Crippen LogP contribution < -0.4 is 113 Å². The predicted octanol–water partition coefficient (Wildman–Crippen LogP) is -0.959. The number of aliphatic carboxylic acids is 2. The number of fused-ring (bicyclic) bond motifs is 1. The summed E-state index contributed by atoms with van der Waals surface area (Å²) in [5.41, 5.74) is 26.7. The third-order valence-corrected chi connectivity index (χ3v) is 25.3. The van der Waals surface area contributed by atoms with Crippen molar-refractivity contribution in [3.8, 4) is 16.9 Å². The number of carboxylic acids is 2. The van der Waals surface area contributed by atoms with Crippen molar-refractivity contribution in [1.29, 1.82) is 5.41 Å². The number of para-hydroxylation sites is 1. The van der Waals surface area contributed by atoms with Gasteiger partial charge >= 0.3 is 11.9 Å². The number of benzene rings is 4. The second-order valence-corrected chi connectivity index (χ2v) is 38.6. The second-order valence-electron chi connectivity index (χ2n) is 37.6. The number of H-pyrrole nitrogens is 1. The van der Waals surface area contributed by atoms with E-state index in [-0.39, 0.29) is 94.1 Å². The van der Waals surface area contributed by atoms with E-state index in [9.17, 15) is 68.1 Å². The van der Waals surface area contributed by atoms with Gasteiger partial charge in [0.15, 0.2) is 12.6 Å². The summed E-state index contributed by atoms with van der Waals surface area (Å²) in [6.07, 6.45) is 0.702. The molecule has 0 spiro atoms. The number of carbonyl (C=O) groups is 18. The number of primary amides is 1. The van der Waals surface area contributed by atoms with Crippen LogP contribution in [0, 0.1) is 35.0 Å². The highest BCUT2D eigenvalue weighted by Crippen LogP contribution is 2.29. The van der Waals surface area contributed by atoms with Crippen LogP contribution in [0.1, 0.15) is 169 Å². The van der Waals surface area contributed by atoms with Gasteiger partial charge in [-0.15, -0.1) is 11.8 Å². The van der Waals surface area contributed by atoms with Crippen LogP contribution in [-0.4, -0.2) is 267 Å². The summed E-state index contributed by atoms with van der Waals surface area (Å²) in [6.45, 7) is 14.3. The maximum Gasteiger partial charge on any atom is 0.341 e. The van der Waals surface area contributed by atoms with Gasteiger partial charge < -0.3 is 133 Å². The standard InChI is InChI=1S/C98H142N22O22S/c1-51(2)41-69-87(131)108-68(37-39-100)86(130)112-71(42-57-21-13-11-14-22-57)90(134)119-81(54(7)8)96(140)120-82(56(10)121)97(141)116-75(93(137)106-55(9)83(101)127)49-143-50-76(122)107-66(28-20-40-104-98(102)103)84(128)111-70(44-59-31-35-63(36-32-59)142-48-78(125)126)88(132)114-74(46-77(123)124)89(133)113-73(45-62-47-105-65-26-18-17-25-64(62)65)92(136)118-80(53(5)6)95(139)115-72(43-58-29-33-61(34-30-58)60-23-15-12-16-24-60)91(135)117-79(52(3)4)94(138)109-67(27-19-38-99)85(129)110-69/h12,15-18,23-26,29-36,47,51-57,66-75,79-82,105,121H,11,13-14,19-22,27-28,37-46,48-50,99-100H2,1-10H3,(H2,101,127)(H,106,137)(H,107,122)(H,108,131)(H,109,138)(H,110,129)(H,111,128)(H,112,130)(H,113,133)(H,114,132)(H,115,139)(H,116,141)(H,117,135)(H,118,136)(H,119,134)(H,120,140)(H,123,124)(H,125,126)(H4,102,103,104)/t55-,56?,66-,67-,68-,69+,70-,71-,72-,73-,74-,75-,79-,80-,81-,82-/m0/s1. The van der Waals surface area contributed by atoms with Crippen molar-refractivity contribution in [2.45, 2.75) is 269 Å². The Balaban J connectivity index is 1.35. The number of carboxylic acid groups (broad SMARTS) is 2. The van der Waals surface area contributed by atoms with Gasteiger partial charge in [-0.2, -0.15) is 0 Å². The molecule has 44 nitrogen and oxygen atoms in total. The number of thioether (sulfide) groups is 1. The molecule has 1 aliphatic carbocycles. The molecule has 1 unspecified atom stereocenters. The van der Waals surface area contributed by atoms with E-state index in [0.29, 0.717) is 46.6 Å². The average Bonchev–Trinajstić information content (AvgIpc) is 1.73. The summed E-state index contributed by atoms with van der Waals surface area (Å²) in [6, 6.07) is 4.39. The van der Waals surface area contributed by atoms with E-state index in [1.54, 1.807) is 110 Å². The van der Waals surface area contributed by atoms with Crippen molar-refractivity contribution in [3.63, 3.8) is 0 Å². The van der Waals surface area contributed by atoms with E-state index in [2.05, 4.69) is 90.1 Å². The van der Waals surface area contributed by atoms with Crippen LogP contribution in [0.4, 0.5) is 0 Å². The molecule has 2 aliphatic rings. The second kappa shape index (κ2) is 57.9. The zero-order valence-corrected chi connectivity index (χ0v) is 83.2. The molecule has 29 N–H and O–H groups in total. The van der Waals surface area contributed by atoms with Gasteiger partial charge in [0.25, 0.3) is 0 Å². The molecule has 1 saturated heterocycles. The summed E-state index contributed by atoms with van der Waals surface area (Å²) >= 11 is 0.678. The van der Waals surface area contributed by atoms with Crippen molar-refractivity contribution in [2.75, 3.05) is 37.7 Å². The van der Waals surface area contributed by atoms with Crippen molar-refractivity contribution in [2.24, 2.45) is 52.5 Å². The number of carbonyl (C=O) groups excluding carboxylic acids is 16. The minimum atomic E-state index is -2.12. The van der Waals surface area contributed by atoms with Crippen LogP contribution in [0.2, 0.25) is 0 Å². The first-order chi connectivity index (χ1) is 67.8. The van der Waals surface area contributed by atoms with Gasteiger partial charge in [0.2, 0.25) is 94.5 Å². The number of nitrogens with one attached hydrogen (secondary N) is 18. The fourth-order valence-corrected chi connectivity index (χ4v) is 17.2. The molecule has 2 fully saturated rings. The number of aromatic amines is 1. The minimum Gasteiger partial charge on any atom is -0.482 e. The van der Waals surface area contributed by atoms with Crippen LogP contribution in [-0.2, 0) is 106 Å². The Morgan fingerprint density at radius 2 is 0.902 bits per heavy atom. The number of aliphatic hydroxyl groups excluding tert-OH is 1. The molecular weight excluding hydrogens is 1870 g/mol. The lowest BCUT2D eigenvalue weighted by molar-refractivity contribution is -0.142. The Hall–Kier alpha value is -13.8. The molecule has 2 heterocycles. The maximum absolute atomic E-state index is 15.5. The number of aromatic nitrogens is 1. The van der Waals surface area contributed by atoms with E-state index in [0.717, 1.165) is 37.3 Å². The highest BCUT2D eigenvalue weighted by Gasteiger charge is 2.42. The lowest BCUT2D eigenvalue weighted by Crippen LogP contribution is -2.63. The van der Waals surface area contributed by atoms with E-state index in [4.69, 9.17) is 33.1 Å². The smallest absolute Gasteiger partial charge is 0.341 e. The van der Waals surface area contributed by atoms with E-state index < -0.39 is 264 Å². The highest BCUT2D eigenvalue weighted by atomic mass is 32.2. The molecule has 143 heavy (non-hydrogen) atoms. The van der Waals surface area contributed by atoms with Gasteiger partial charge in [-0.25, -0.2) is 4.79 Å². The van der Waals surface area contributed by atoms with Crippen molar-refractivity contribution in [1.82, 2.24) is 90.1 Å². The number of guanidine groups is 1. The Morgan fingerprint density at radius 3 is 1.43 bits per heavy atom. The highest BCUT2D eigenvalue weighted by molar-refractivity contribution is 8.00. The monoisotopic (exact) mass is 2010 g/mol. The number of ether oxygens (including phenoxy) is 1. The van der Waals surface area contributed by atoms with Crippen molar-refractivity contribution in [3.05, 3.63) is 126 Å². The predicted molar refractivity (Wildman–Crippen MR) is 532 cm³/mol. The molecule has 5 aromatic rings. The average molecular weight is 2010 g/mol. The first-order valence-corrected chi connectivity index (χ1v) is 49.4. The minimum absolute atomic E-state index is 0.0167. The van der Waals surface area contributed by atoms with Gasteiger partial charge in [0.05, 0.1) is 18.3 Å². The Bertz CT molecular complexity index is 5190. The molecule has 782 valence electrons. The zero-order valence-electron chi connectivity index (χ0n) is 82.4. The van der Waals surface area contributed by atoms with Gasteiger partial charge in [0, 0.05) is 48.7 Å².